The number of amides is 3. The number of likely N-dealkylation sites (tertiary alicyclic amines) is 2. The number of anilines is 1. The van der Waals surface area contributed by atoms with Gasteiger partial charge in [0.25, 0.3) is 5.91 Å². The Morgan fingerprint density at radius 1 is 1.02 bits per heavy atom. The maximum Gasteiger partial charge on any atom is 0.257 e. The molecule has 0 radical (unpaired) electrons. The lowest BCUT2D eigenvalue weighted by Crippen LogP contribution is -2.45. The van der Waals surface area contributed by atoms with Gasteiger partial charge in [-0.05, 0) is 87.6 Å². The van der Waals surface area contributed by atoms with Crippen molar-refractivity contribution in [3.05, 3.63) is 78.6 Å². The summed E-state index contributed by atoms with van der Waals surface area (Å²) >= 11 is 0. The minimum Gasteiger partial charge on any atom is -0.461 e. The van der Waals surface area contributed by atoms with Gasteiger partial charge in [0.15, 0.2) is 0 Å². The van der Waals surface area contributed by atoms with Gasteiger partial charge in [-0.3, -0.25) is 19.7 Å². The van der Waals surface area contributed by atoms with Crippen molar-refractivity contribution in [2.45, 2.75) is 45.1 Å². The molecule has 3 amide bonds. The Bertz CT molecular complexity index is 1640. The molecule has 6 rings (SSSR count). The van der Waals surface area contributed by atoms with E-state index in [1.165, 1.54) is 0 Å². The third-order valence-electron chi connectivity index (χ3n) is 7.89. The molecule has 4 heterocycles. The van der Waals surface area contributed by atoms with Gasteiger partial charge in [-0.1, -0.05) is 0 Å². The predicted molar refractivity (Wildman–Crippen MR) is 163 cm³/mol. The van der Waals surface area contributed by atoms with E-state index in [-0.39, 0.29) is 30.2 Å². The van der Waals surface area contributed by atoms with Crippen LogP contribution in [0.5, 0.6) is 0 Å². The molecule has 1 atom stereocenters. The van der Waals surface area contributed by atoms with Gasteiger partial charge in [-0.15, -0.1) is 0 Å². The van der Waals surface area contributed by atoms with Crippen molar-refractivity contribution in [1.82, 2.24) is 24.7 Å². The first-order chi connectivity index (χ1) is 20.9. The van der Waals surface area contributed by atoms with Crippen LogP contribution in [0.2, 0.25) is 0 Å². The lowest BCUT2D eigenvalue weighted by Gasteiger charge is -2.25. The molecule has 1 unspecified atom stereocenters. The number of carbonyl (C=O) groups is 3. The van der Waals surface area contributed by atoms with Crippen LogP contribution in [0.4, 0.5) is 5.69 Å². The zero-order chi connectivity index (χ0) is 29.8. The second-order valence-corrected chi connectivity index (χ2v) is 11.0. The number of fused-ring (bicyclic) bond motifs is 1. The monoisotopic (exact) mass is 581 g/mol. The molecule has 4 aromatic rings. The number of aromatic nitrogens is 2. The topological polar surface area (TPSA) is 125 Å². The van der Waals surface area contributed by atoms with E-state index in [0.29, 0.717) is 24.2 Å². The van der Waals surface area contributed by atoms with E-state index in [2.05, 4.69) is 15.6 Å². The van der Waals surface area contributed by atoms with Crippen molar-refractivity contribution in [2.75, 3.05) is 31.5 Å². The molecule has 0 saturated carbocycles. The smallest absolute Gasteiger partial charge is 0.257 e. The maximum absolute atomic E-state index is 13.7. The lowest BCUT2D eigenvalue weighted by molar-refractivity contribution is -0.140. The van der Waals surface area contributed by atoms with E-state index in [0.717, 1.165) is 61.2 Å². The molecule has 2 N–H and O–H groups in total. The summed E-state index contributed by atoms with van der Waals surface area (Å²) in [4.78, 5) is 52.2. The summed E-state index contributed by atoms with van der Waals surface area (Å²) in [5.74, 6) is 0.357. The minimum atomic E-state index is -0.736. The Morgan fingerprint density at radius 2 is 1.81 bits per heavy atom. The van der Waals surface area contributed by atoms with Crippen LogP contribution in [0, 0.1) is 6.92 Å². The van der Waals surface area contributed by atoms with E-state index in [1.54, 1.807) is 29.6 Å². The number of aliphatic imine (C=N–C) groups is 1. The average molecular weight is 582 g/mol. The molecule has 222 valence electrons. The van der Waals surface area contributed by atoms with Gasteiger partial charge < -0.3 is 24.1 Å². The number of furan rings is 1. The van der Waals surface area contributed by atoms with E-state index < -0.39 is 6.04 Å². The van der Waals surface area contributed by atoms with Crippen LogP contribution in [0.1, 0.15) is 48.2 Å². The number of benzene rings is 2. The van der Waals surface area contributed by atoms with Crippen LogP contribution >= 0.6 is 0 Å². The van der Waals surface area contributed by atoms with E-state index in [1.807, 2.05) is 59.0 Å². The molecule has 0 spiro atoms. The van der Waals surface area contributed by atoms with E-state index in [9.17, 15) is 14.4 Å². The predicted octanol–water partition coefficient (Wildman–Crippen LogP) is 4.13. The van der Waals surface area contributed by atoms with Gasteiger partial charge >= 0.3 is 0 Å². The molecule has 2 saturated heterocycles. The normalized spacial score (nSPS) is 17.7. The fraction of sp³-hybridized carbons (Fsp3) is 0.344. The SMILES string of the molecule is Cc1cc2cc(NC(=NC3CCCCN(CC(=O)N4CCCC4)C3=O)NC(=O)c3ccc(-n4ccnc4)cc3)ccc2o1. The number of nitrogens with one attached hydrogen (secondary N) is 2. The highest BCUT2D eigenvalue weighted by Crippen LogP contribution is 2.23. The molecule has 2 aromatic carbocycles. The molecule has 2 aromatic heterocycles. The summed E-state index contributed by atoms with van der Waals surface area (Å²) in [7, 11) is 0. The highest BCUT2D eigenvalue weighted by atomic mass is 16.3. The van der Waals surface area contributed by atoms with Gasteiger partial charge in [0.2, 0.25) is 17.8 Å². The zero-order valence-corrected chi connectivity index (χ0v) is 24.2. The lowest BCUT2D eigenvalue weighted by atomic mass is 10.1. The number of aryl methyl sites for hydroxylation is 1. The van der Waals surface area contributed by atoms with Gasteiger partial charge in [-0.25, -0.2) is 9.98 Å². The first kappa shape index (κ1) is 28.2. The largest absolute Gasteiger partial charge is 0.461 e. The average Bonchev–Trinajstić information content (AvgIpc) is 3.78. The Labute approximate surface area is 249 Å². The van der Waals surface area contributed by atoms with Crippen molar-refractivity contribution in [2.24, 2.45) is 4.99 Å². The molecule has 11 nitrogen and oxygen atoms in total. The molecule has 43 heavy (non-hydrogen) atoms. The number of guanidine groups is 1. The summed E-state index contributed by atoms with van der Waals surface area (Å²) in [6.07, 6.45) is 9.30. The standard InChI is InChI=1S/C32H35N7O4/c1-22-18-24-19-25(9-12-28(24)43-22)34-32(36-30(41)23-7-10-26(11-8-23)39-17-13-33-21-39)35-27-6-2-3-16-38(31(27)42)20-29(40)37-14-4-5-15-37/h7-13,17-19,21,27H,2-6,14-16,20H2,1H3,(H2,34,35,36,41). The van der Waals surface area contributed by atoms with Crippen LogP contribution in [0.3, 0.4) is 0 Å². The summed E-state index contributed by atoms with van der Waals surface area (Å²) in [5, 5.41) is 7.01. The Morgan fingerprint density at radius 3 is 2.58 bits per heavy atom. The summed E-state index contributed by atoms with van der Waals surface area (Å²) in [6.45, 7) is 3.94. The molecule has 11 heteroatoms. The maximum atomic E-state index is 13.7. The number of hydrogen-bond donors (Lipinski definition) is 2. The fourth-order valence-corrected chi connectivity index (χ4v) is 5.61. The number of imidazole rings is 1. The first-order valence-corrected chi connectivity index (χ1v) is 14.7. The van der Waals surface area contributed by atoms with Crippen LogP contribution in [-0.2, 0) is 9.59 Å². The number of hydrogen-bond acceptors (Lipinski definition) is 6. The Balaban J connectivity index is 1.25. The second-order valence-electron chi connectivity index (χ2n) is 11.0. The highest BCUT2D eigenvalue weighted by Gasteiger charge is 2.30. The van der Waals surface area contributed by atoms with Crippen LogP contribution in [0.15, 0.2) is 76.7 Å². The van der Waals surface area contributed by atoms with Crippen molar-refractivity contribution in [3.63, 3.8) is 0 Å². The van der Waals surface area contributed by atoms with Crippen molar-refractivity contribution in [3.8, 4) is 5.69 Å². The van der Waals surface area contributed by atoms with Crippen LogP contribution in [-0.4, -0.2) is 75.3 Å². The summed E-state index contributed by atoms with van der Waals surface area (Å²) in [6, 6.07) is 13.9. The summed E-state index contributed by atoms with van der Waals surface area (Å²) < 4.78 is 7.55. The fourth-order valence-electron chi connectivity index (χ4n) is 5.61. The molecular weight excluding hydrogens is 546 g/mol. The second kappa shape index (κ2) is 12.5. The van der Waals surface area contributed by atoms with E-state index >= 15 is 0 Å². The summed E-state index contributed by atoms with van der Waals surface area (Å²) in [5.41, 5.74) is 2.74. The third-order valence-corrected chi connectivity index (χ3v) is 7.89. The van der Waals surface area contributed by atoms with Crippen LogP contribution in [0.25, 0.3) is 16.7 Å². The Hall–Kier alpha value is -4.93. The molecular formula is C32H35N7O4. The third kappa shape index (κ3) is 6.61. The molecule has 2 fully saturated rings. The van der Waals surface area contributed by atoms with E-state index in [4.69, 9.17) is 9.41 Å². The minimum absolute atomic E-state index is 0.0232. The number of carbonyl (C=O) groups excluding carboxylic acids is 3. The molecule has 2 aliphatic heterocycles. The van der Waals surface area contributed by atoms with Gasteiger partial charge in [0.05, 0.1) is 12.9 Å². The van der Waals surface area contributed by atoms with Gasteiger partial charge in [0, 0.05) is 54.4 Å². The first-order valence-electron chi connectivity index (χ1n) is 14.7. The zero-order valence-electron chi connectivity index (χ0n) is 24.2. The Kier molecular flexibility index (Phi) is 8.21. The van der Waals surface area contributed by atoms with Crippen molar-refractivity contribution < 1.29 is 18.8 Å². The number of rotatable bonds is 6. The van der Waals surface area contributed by atoms with Gasteiger partial charge in [-0.2, -0.15) is 0 Å². The quantitative estimate of drug-likeness (QED) is 0.261. The molecule has 0 aliphatic carbocycles. The molecule has 2 aliphatic rings. The molecule has 0 bridgehead atoms. The van der Waals surface area contributed by atoms with Gasteiger partial charge in [0.1, 0.15) is 17.4 Å². The highest BCUT2D eigenvalue weighted by molar-refractivity contribution is 6.11. The number of nitrogens with zero attached hydrogens (tertiary/aromatic N) is 5. The van der Waals surface area contributed by atoms with Crippen molar-refractivity contribution >= 4 is 40.3 Å². The van der Waals surface area contributed by atoms with Crippen molar-refractivity contribution in [1.29, 1.82) is 0 Å². The van der Waals surface area contributed by atoms with Crippen LogP contribution < -0.4 is 10.6 Å².